The van der Waals surface area contributed by atoms with E-state index in [4.69, 9.17) is 0 Å². The van der Waals surface area contributed by atoms with Gasteiger partial charge >= 0.3 is 0 Å². The predicted octanol–water partition coefficient (Wildman–Crippen LogP) is 2.12. The minimum absolute atomic E-state index is 0.611. The fourth-order valence-electron chi connectivity index (χ4n) is 1.33. The fraction of sp³-hybridized carbons (Fsp3) is 1.00. The van der Waals surface area contributed by atoms with Crippen LogP contribution in [0, 0.1) is 0 Å². The van der Waals surface area contributed by atoms with Crippen LogP contribution in [0.4, 0.5) is 0 Å². The van der Waals surface area contributed by atoms with E-state index < -0.39 is 10.8 Å². The van der Waals surface area contributed by atoms with Crippen LogP contribution in [0.1, 0.15) is 34.6 Å². The van der Waals surface area contributed by atoms with E-state index in [0.717, 1.165) is 6.54 Å². The summed E-state index contributed by atoms with van der Waals surface area (Å²) in [6.07, 6.45) is 3.28. The highest BCUT2D eigenvalue weighted by Gasteiger charge is 2.08. The first-order chi connectivity index (χ1) is 5.82. The van der Waals surface area contributed by atoms with Crippen molar-refractivity contribution in [1.29, 1.82) is 0 Å². The maximum atomic E-state index is 9.56. The molecule has 0 bridgehead atoms. The molecule has 0 saturated carbocycles. The second kappa shape index (κ2) is 8.70. The van der Waals surface area contributed by atoms with Gasteiger partial charge in [0.25, 0.3) is 0 Å². The summed E-state index contributed by atoms with van der Waals surface area (Å²) in [6.45, 7) is 12.3. The molecule has 0 atom stereocenters. The molecule has 0 aromatic rings. The number of hydrogen-bond acceptors (Lipinski definition) is 2. The van der Waals surface area contributed by atoms with Gasteiger partial charge in [-0.25, -0.2) is 0 Å². The average molecular weight is 207 g/mol. The van der Waals surface area contributed by atoms with Gasteiger partial charge in [0, 0.05) is 35.4 Å². The van der Waals surface area contributed by atoms with Gasteiger partial charge in [0.15, 0.2) is 0 Å². The lowest BCUT2D eigenvalue weighted by atomic mass is 10.2. The summed E-state index contributed by atoms with van der Waals surface area (Å²) < 4.78 is 9.56. The summed E-state index contributed by atoms with van der Waals surface area (Å²) in [6, 6.07) is 1.38. The highest BCUT2D eigenvalue weighted by atomic mass is 32.2. The average Bonchev–Trinajstić information content (AvgIpc) is 1.84. The van der Waals surface area contributed by atoms with Gasteiger partial charge < -0.3 is 0 Å². The fourth-order valence-corrected chi connectivity index (χ4v) is 1.33. The first-order valence-electron chi connectivity index (χ1n) is 4.83. The van der Waals surface area contributed by atoms with Gasteiger partial charge in [0.1, 0.15) is 0 Å². The van der Waals surface area contributed by atoms with Gasteiger partial charge in [0.05, 0.1) is 0 Å². The summed E-state index contributed by atoms with van der Waals surface area (Å²) in [5.41, 5.74) is 0. The number of nitrogens with zero attached hydrogens (tertiary/aromatic N) is 1. The number of hydrogen-bond donors (Lipinski definition) is 0. The zero-order valence-corrected chi connectivity index (χ0v) is 10.9. The molecule has 3 heteroatoms. The van der Waals surface area contributed by atoms with Crippen molar-refractivity contribution in [2.45, 2.75) is 46.7 Å². The van der Waals surface area contributed by atoms with Crippen LogP contribution in [0.5, 0.6) is 0 Å². The van der Waals surface area contributed by atoms with Crippen LogP contribution in [0.25, 0.3) is 0 Å². The molecule has 0 N–H and O–H groups in total. The van der Waals surface area contributed by atoms with E-state index in [1.54, 1.807) is 12.5 Å². The van der Waals surface area contributed by atoms with Crippen molar-refractivity contribution in [3.05, 3.63) is 0 Å². The standard InChI is InChI=1S/C8H19N.C2H6OS/c1-6-9(7(2)3)8(4)5;1-4(2)3/h7-8H,6H2,1-5H3;1-2H3. The Labute approximate surface area is 86.2 Å². The molecule has 2 nitrogen and oxygen atoms in total. The Bertz CT molecular complexity index is 123. The van der Waals surface area contributed by atoms with E-state index in [9.17, 15) is 4.21 Å². The third-order valence-electron chi connectivity index (χ3n) is 1.69. The van der Waals surface area contributed by atoms with Crippen LogP contribution < -0.4 is 0 Å². The Morgan fingerprint density at radius 3 is 1.31 bits per heavy atom. The Kier molecular flexibility index (Phi) is 10.4. The summed E-state index contributed by atoms with van der Waals surface area (Å²) in [5, 5.41) is 0. The second-order valence-electron chi connectivity index (χ2n) is 3.76. The molecule has 0 aliphatic heterocycles. The van der Waals surface area contributed by atoms with Crippen molar-refractivity contribution in [2.75, 3.05) is 19.1 Å². The Morgan fingerprint density at radius 1 is 1.08 bits per heavy atom. The molecule has 0 aliphatic carbocycles. The van der Waals surface area contributed by atoms with Gasteiger partial charge in [-0.1, -0.05) is 6.92 Å². The molecule has 0 amide bonds. The zero-order valence-electron chi connectivity index (χ0n) is 10.1. The molecule has 0 saturated heterocycles. The van der Waals surface area contributed by atoms with Gasteiger partial charge in [-0.3, -0.25) is 9.11 Å². The lowest BCUT2D eigenvalue weighted by Gasteiger charge is -2.28. The predicted molar refractivity (Wildman–Crippen MR) is 62.6 cm³/mol. The summed E-state index contributed by atoms with van der Waals surface area (Å²) >= 11 is 0. The molecule has 0 radical (unpaired) electrons. The van der Waals surface area contributed by atoms with E-state index in [-0.39, 0.29) is 0 Å². The molecule has 82 valence electrons. The van der Waals surface area contributed by atoms with Crippen molar-refractivity contribution in [1.82, 2.24) is 4.90 Å². The van der Waals surface area contributed by atoms with Gasteiger partial charge in [-0.05, 0) is 34.2 Å². The molecule has 0 aliphatic rings. The normalized spacial score (nSPS) is 11.0. The Morgan fingerprint density at radius 2 is 1.31 bits per heavy atom. The second-order valence-corrected chi connectivity index (χ2v) is 5.24. The molecule has 0 heterocycles. The van der Waals surface area contributed by atoms with Crippen LogP contribution in [-0.4, -0.2) is 40.2 Å². The van der Waals surface area contributed by atoms with E-state index in [0.29, 0.717) is 12.1 Å². The first-order valence-corrected chi connectivity index (χ1v) is 6.80. The van der Waals surface area contributed by atoms with E-state index in [1.807, 2.05) is 0 Å². The molecular formula is C10H25NOS. The van der Waals surface area contributed by atoms with Gasteiger partial charge in [-0.15, -0.1) is 0 Å². The smallest absolute Gasteiger partial charge is 0.0148 e. The van der Waals surface area contributed by atoms with E-state index >= 15 is 0 Å². The summed E-state index contributed by atoms with van der Waals surface area (Å²) in [4.78, 5) is 2.46. The molecule has 0 fully saturated rings. The molecule has 0 spiro atoms. The van der Waals surface area contributed by atoms with Crippen LogP contribution >= 0.6 is 0 Å². The van der Waals surface area contributed by atoms with Crippen molar-refractivity contribution >= 4 is 10.8 Å². The van der Waals surface area contributed by atoms with Crippen LogP contribution in [0.3, 0.4) is 0 Å². The van der Waals surface area contributed by atoms with E-state index in [2.05, 4.69) is 39.5 Å². The maximum absolute atomic E-state index is 9.56. The molecule has 0 unspecified atom stereocenters. The third-order valence-corrected chi connectivity index (χ3v) is 1.69. The van der Waals surface area contributed by atoms with Crippen molar-refractivity contribution in [2.24, 2.45) is 0 Å². The summed E-state index contributed by atoms with van der Waals surface area (Å²) in [5.74, 6) is 0. The van der Waals surface area contributed by atoms with Crippen LogP contribution in [0.15, 0.2) is 0 Å². The highest BCUT2D eigenvalue weighted by Crippen LogP contribution is 2.02. The quantitative estimate of drug-likeness (QED) is 0.706. The van der Waals surface area contributed by atoms with Gasteiger partial charge in [-0.2, -0.15) is 0 Å². The van der Waals surface area contributed by atoms with Gasteiger partial charge in [0.2, 0.25) is 0 Å². The molecule has 13 heavy (non-hydrogen) atoms. The SMILES string of the molecule is CCN(C(C)C)C(C)C.CS(C)=O. The molecule has 0 rings (SSSR count). The molecule has 0 aromatic carbocycles. The highest BCUT2D eigenvalue weighted by molar-refractivity contribution is 7.83. The maximum Gasteiger partial charge on any atom is 0.0148 e. The lowest BCUT2D eigenvalue weighted by Crippen LogP contribution is -2.36. The van der Waals surface area contributed by atoms with Crippen molar-refractivity contribution in [3.8, 4) is 0 Å². The molecular weight excluding hydrogens is 182 g/mol. The van der Waals surface area contributed by atoms with Crippen molar-refractivity contribution in [3.63, 3.8) is 0 Å². The monoisotopic (exact) mass is 207 g/mol. The Balaban J connectivity index is 0. The van der Waals surface area contributed by atoms with Crippen molar-refractivity contribution < 1.29 is 4.21 Å². The summed E-state index contributed by atoms with van der Waals surface area (Å²) in [7, 11) is -0.611. The lowest BCUT2D eigenvalue weighted by molar-refractivity contribution is 0.185. The minimum atomic E-state index is -0.611. The third kappa shape index (κ3) is 12.1. The van der Waals surface area contributed by atoms with E-state index in [1.165, 1.54) is 0 Å². The zero-order chi connectivity index (χ0) is 11.0. The largest absolute Gasteiger partial charge is 0.299 e. The number of rotatable bonds is 3. The topological polar surface area (TPSA) is 20.3 Å². The molecule has 0 aromatic heterocycles. The van der Waals surface area contributed by atoms with Crippen LogP contribution in [-0.2, 0) is 10.8 Å². The first kappa shape index (κ1) is 15.6. The minimum Gasteiger partial charge on any atom is -0.299 e. The van der Waals surface area contributed by atoms with Crippen LogP contribution in [0.2, 0.25) is 0 Å². The Hall–Kier alpha value is 0.110.